The van der Waals surface area contributed by atoms with Gasteiger partial charge in [0.25, 0.3) is 11.6 Å². The first-order valence-electron chi connectivity index (χ1n) is 13.6. The minimum Gasteiger partial charge on any atom is -0.372 e. The Balaban J connectivity index is 1.66. The standard InChI is InChI=1S/C31H38ClN3O3/c1-3-5-7-9-21-34(22-10-8-6-4-2)27-17-13-25(14-18-27)24-11-15-26(16-12-24)33-31(36)29-23-28(35(37)38)19-20-30(29)32/h11-20,23H,3-10,21-22H2,1-2H3,(H,33,36). The zero-order valence-electron chi connectivity index (χ0n) is 22.4. The SMILES string of the molecule is CCCCCCN(CCCCCC)c1ccc(-c2ccc(NC(=O)c3cc([N+](=O)[O-])ccc3Cl)cc2)cc1. The molecule has 0 saturated carbocycles. The van der Waals surface area contributed by atoms with E-state index >= 15 is 0 Å². The number of halogens is 1. The second-order valence-corrected chi connectivity index (χ2v) is 10.0. The van der Waals surface area contributed by atoms with E-state index in [4.69, 9.17) is 11.6 Å². The molecule has 0 spiro atoms. The Hall–Kier alpha value is -3.38. The molecule has 0 aromatic heterocycles. The first-order chi connectivity index (χ1) is 18.4. The average molecular weight is 536 g/mol. The molecule has 0 bridgehead atoms. The van der Waals surface area contributed by atoms with Gasteiger partial charge in [0.2, 0.25) is 0 Å². The van der Waals surface area contributed by atoms with Crippen LogP contribution in [0.15, 0.2) is 66.7 Å². The lowest BCUT2D eigenvalue weighted by molar-refractivity contribution is -0.384. The predicted molar refractivity (Wildman–Crippen MR) is 158 cm³/mol. The van der Waals surface area contributed by atoms with Crippen molar-refractivity contribution < 1.29 is 9.72 Å². The summed E-state index contributed by atoms with van der Waals surface area (Å²) in [4.78, 5) is 25.7. The molecule has 38 heavy (non-hydrogen) atoms. The number of carbonyl (C=O) groups is 1. The van der Waals surface area contributed by atoms with Crippen molar-refractivity contribution in [2.45, 2.75) is 65.2 Å². The number of nitro groups is 1. The van der Waals surface area contributed by atoms with E-state index in [0.717, 1.165) is 24.2 Å². The number of nitro benzene ring substituents is 1. The molecular weight excluding hydrogens is 498 g/mol. The Morgan fingerprint density at radius 3 is 1.89 bits per heavy atom. The average Bonchev–Trinajstić information content (AvgIpc) is 2.93. The number of benzene rings is 3. The lowest BCUT2D eigenvalue weighted by Gasteiger charge is -2.25. The lowest BCUT2D eigenvalue weighted by Crippen LogP contribution is -2.25. The van der Waals surface area contributed by atoms with Crippen molar-refractivity contribution in [2.24, 2.45) is 0 Å². The highest BCUT2D eigenvalue weighted by molar-refractivity contribution is 6.34. The molecule has 0 atom stereocenters. The molecule has 0 fully saturated rings. The molecule has 202 valence electrons. The van der Waals surface area contributed by atoms with Crippen LogP contribution >= 0.6 is 11.6 Å². The van der Waals surface area contributed by atoms with Crippen LogP contribution in [0.5, 0.6) is 0 Å². The maximum Gasteiger partial charge on any atom is 0.270 e. The summed E-state index contributed by atoms with van der Waals surface area (Å²) in [6, 6.07) is 20.1. The quantitative estimate of drug-likeness (QED) is 0.119. The van der Waals surface area contributed by atoms with Crippen molar-refractivity contribution in [1.82, 2.24) is 0 Å². The number of unbranched alkanes of at least 4 members (excludes halogenated alkanes) is 6. The van der Waals surface area contributed by atoms with Crippen molar-refractivity contribution in [1.29, 1.82) is 0 Å². The van der Waals surface area contributed by atoms with Gasteiger partial charge in [0.15, 0.2) is 0 Å². The maximum absolute atomic E-state index is 12.7. The van der Waals surface area contributed by atoms with Crippen molar-refractivity contribution in [3.8, 4) is 11.1 Å². The lowest BCUT2D eigenvalue weighted by atomic mass is 10.0. The molecule has 1 amide bonds. The van der Waals surface area contributed by atoms with Gasteiger partial charge in [0.1, 0.15) is 0 Å². The number of nitrogens with one attached hydrogen (secondary N) is 1. The van der Waals surface area contributed by atoms with Crippen molar-refractivity contribution in [3.63, 3.8) is 0 Å². The zero-order valence-corrected chi connectivity index (χ0v) is 23.2. The fraction of sp³-hybridized carbons (Fsp3) is 0.387. The van der Waals surface area contributed by atoms with Crippen LogP contribution in [-0.4, -0.2) is 23.9 Å². The molecule has 0 aliphatic rings. The first kappa shape index (κ1) is 29.2. The molecule has 0 aliphatic heterocycles. The molecule has 0 saturated heterocycles. The van der Waals surface area contributed by atoms with Crippen LogP contribution in [0.3, 0.4) is 0 Å². The van der Waals surface area contributed by atoms with E-state index in [1.54, 1.807) is 0 Å². The number of rotatable bonds is 15. The first-order valence-corrected chi connectivity index (χ1v) is 14.0. The van der Waals surface area contributed by atoms with E-state index in [1.807, 2.05) is 24.3 Å². The largest absolute Gasteiger partial charge is 0.372 e. The number of non-ortho nitro benzene ring substituents is 1. The van der Waals surface area contributed by atoms with Gasteiger partial charge >= 0.3 is 0 Å². The number of nitrogens with zero attached hydrogens (tertiary/aromatic N) is 2. The third kappa shape index (κ3) is 8.59. The molecule has 0 heterocycles. The van der Waals surface area contributed by atoms with Crippen LogP contribution in [0.25, 0.3) is 11.1 Å². The van der Waals surface area contributed by atoms with Crippen LogP contribution in [0.1, 0.15) is 75.6 Å². The van der Waals surface area contributed by atoms with E-state index in [1.165, 1.54) is 75.3 Å². The van der Waals surface area contributed by atoms with E-state index in [0.29, 0.717) is 5.69 Å². The summed E-state index contributed by atoms with van der Waals surface area (Å²) in [7, 11) is 0. The Morgan fingerprint density at radius 2 is 1.37 bits per heavy atom. The van der Waals surface area contributed by atoms with Crippen LogP contribution in [0.2, 0.25) is 5.02 Å². The molecule has 3 aromatic rings. The Morgan fingerprint density at radius 1 is 0.816 bits per heavy atom. The van der Waals surface area contributed by atoms with Crippen LogP contribution < -0.4 is 10.2 Å². The van der Waals surface area contributed by atoms with Crippen LogP contribution in [-0.2, 0) is 0 Å². The molecule has 3 aromatic carbocycles. The second-order valence-electron chi connectivity index (χ2n) is 9.61. The Bertz CT molecular complexity index is 1170. The third-order valence-electron chi connectivity index (χ3n) is 6.68. The summed E-state index contributed by atoms with van der Waals surface area (Å²) in [6.07, 6.45) is 10.1. The van der Waals surface area contributed by atoms with Gasteiger partial charge in [0.05, 0.1) is 15.5 Å². The molecule has 1 N–H and O–H groups in total. The van der Waals surface area contributed by atoms with Gasteiger partial charge in [-0.3, -0.25) is 14.9 Å². The Labute approximate surface area is 231 Å². The van der Waals surface area contributed by atoms with Crippen LogP contribution in [0.4, 0.5) is 17.1 Å². The molecule has 0 unspecified atom stereocenters. The highest BCUT2D eigenvalue weighted by atomic mass is 35.5. The van der Waals surface area contributed by atoms with E-state index in [9.17, 15) is 14.9 Å². The fourth-order valence-corrected chi connectivity index (χ4v) is 4.64. The Kier molecular flexibility index (Phi) is 11.6. The molecule has 6 nitrogen and oxygen atoms in total. The summed E-state index contributed by atoms with van der Waals surface area (Å²) < 4.78 is 0. The molecule has 0 radical (unpaired) electrons. The second kappa shape index (κ2) is 15.1. The molecular formula is C31H38ClN3O3. The summed E-state index contributed by atoms with van der Waals surface area (Å²) in [6.45, 7) is 6.67. The smallest absolute Gasteiger partial charge is 0.270 e. The summed E-state index contributed by atoms with van der Waals surface area (Å²) >= 11 is 6.10. The maximum atomic E-state index is 12.7. The molecule has 0 aliphatic carbocycles. The number of hydrogen-bond acceptors (Lipinski definition) is 4. The number of amides is 1. The van der Waals surface area contributed by atoms with E-state index in [-0.39, 0.29) is 16.3 Å². The number of carbonyl (C=O) groups excluding carboxylic acids is 1. The van der Waals surface area contributed by atoms with Crippen LogP contribution in [0, 0.1) is 10.1 Å². The van der Waals surface area contributed by atoms with Gasteiger partial charge in [-0.25, -0.2) is 0 Å². The normalized spacial score (nSPS) is 10.8. The highest BCUT2D eigenvalue weighted by Gasteiger charge is 2.16. The highest BCUT2D eigenvalue weighted by Crippen LogP contribution is 2.27. The monoisotopic (exact) mass is 535 g/mol. The minimum absolute atomic E-state index is 0.0643. The van der Waals surface area contributed by atoms with Crippen molar-refractivity contribution >= 4 is 34.6 Å². The van der Waals surface area contributed by atoms with E-state index in [2.05, 4.69) is 48.3 Å². The molecule has 7 heteroatoms. The van der Waals surface area contributed by atoms with Crippen molar-refractivity contribution in [3.05, 3.63) is 87.4 Å². The van der Waals surface area contributed by atoms with E-state index < -0.39 is 10.8 Å². The zero-order chi connectivity index (χ0) is 27.3. The number of anilines is 2. The summed E-state index contributed by atoms with van der Waals surface area (Å²) in [5.74, 6) is -0.492. The van der Waals surface area contributed by atoms with Gasteiger partial charge in [0, 0.05) is 36.6 Å². The topological polar surface area (TPSA) is 75.5 Å². The van der Waals surface area contributed by atoms with Gasteiger partial charge in [-0.1, -0.05) is 88.2 Å². The summed E-state index contributed by atoms with van der Waals surface area (Å²) in [5, 5.41) is 14.0. The molecule has 3 rings (SSSR count). The minimum atomic E-state index is -0.550. The van der Waals surface area contributed by atoms with Gasteiger partial charge in [-0.15, -0.1) is 0 Å². The van der Waals surface area contributed by atoms with Gasteiger partial charge in [-0.05, 0) is 54.3 Å². The number of hydrogen-bond donors (Lipinski definition) is 1. The van der Waals surface area contributed by atoms with Crippen molar-refractivity contribution in [2.75, 3.05) is 23.3 Å². The fourth-order valence-electron chi connectivity index (χ4n) is 4.44. The van der Waals surface area contributed by atoms with Gasteiger partial charge < -0.3 is 10.2 Å². The van der Waals surface area contributed by atoms with Gasteiger partial charge in [-0.2, -0.15) is 0 Å². The predicted octanol–water partition coefficient (Wildman–Crippen LogP) is 9.13. The third-order valence-corrected chi connectivity index (χ3v) is 7.01. The summed E-state index contributed by atoms with van der Waals surface area (Å²) in [5.41, 5.74) is 3.88.